The van der Waals surface area contributed by atoms with Gasteiger partial charge in [-0.1, -0.05) is 252 Å². The first-order valence-corrected chi connectivity index (χ1v) is 25.9. The standard InChI is InChI=1S/C52H100O6/c1-5-7-9-11-13-15-16-20-24-28-31-35-39-43-50(53)56-46-49(58-52(55)45-41-37-33-26-14-12-10-8-6-2)47-57-51(54)44-40-36-32-29-25-22-19-17-18-21-23-27-30-34-38-42-48(3)4/h48-49H,5-47H2,1-4H3/t49-/m0/s1. The average molecular weight is 821 g/mol. The van der Waals surface area contributed by atoms with Crippen LogP contribution in [0.15, 0.2) is 0 Å². The van der Waals surface area contributed by atoms with E-state index in [9.17, 15) is 14.4 Å². The van der Waals surface area contributed by atoms with Gasteiger partial charge >= 0.3 is 17.9 Å². The van der Waals surface area contributed by atoms with Gasteiger partial charge in [-0.15, -0.1) is 0 Å². The summed E-state index contributed by atoms with van der Waals surface area (Å²) in [4.78, 5) is 37.8. The van der Waals surface area contributed by atoms with Crippen molar-refractivity contribution in [3.63, 3.8) is 0 Å². The second-order valence-electron chi connectivity index (χ2n) is 18.3. The van der Waals surface area contributed by atoms with Crippen molar-refractivity contribution < 1.29 is 28.6 Å². The second kappa shape index (κ2) is 46.5. The van der Waals surface area contributed by atoms with E-state index in [4.69, 9.17) is 14.2 Å². The topological polar surface area (TPSA) is 78.9 Å². The summed E-state index contributed by atoms with van der Waals surface area (Å²) in [5, 5.41) is 0. The number of esters is 3. The molecule has 0 N–H and O–H groups in total. The third-order valence-corrected chi connectivity index (χ3v) is 11.8. The molecule has 0 bridgehead atoms. The smallest absolute Gasteiger partial charge is 0.306 e. The number of unbranched alkanes of at least 4 members (excludes halogenated alkanes) is 34. The number of hydrogen-bond donors (Lipinski definition) is 0. The number of carbonyl (C=O) groups is 3. The van der Waals surface area contributed by atoms with Crippen molar-refractivity contribution in [2.45, 2.75) is 297 Å². The average Bonchev–Trinajstić information content (AvgIpc) is 3.21. The summed E-state index contributed by atoms with van der Waals surface area (Å²) in [5.74, 6) is 0.00228. The summed E-state index contributed by atoms with van der Waals surface area (Å²) in [5.41, 5.74) is 0. The van der Waals surface area contributed by atoms with Crippen molar-refractivity contribution in [3.8, 4) is 0 Å². The summed E-state index contributed by atoms with van der Waals surface area (Å²) in [6, 6.07) is 0. The molecule has 0 saturated heterocycles. The van der Waals surface area contributed by atoms with E-state index in [1.54, 1.807) is 0 Å². The fourth-order valence-corrected chi connectivity index (χ4v) is 7.86. The molecule has 0 aliphatic heterocycles. The SMILES string of the molecule is CCCCCCCCCCCCCCCC(=O)OC[C@@H](COC(=O)CCCCCCCCCCCCCCCCCC(C)C)OC(=O)CCCCCCCCCCC. The van der Waals surface area contributed by atoms with Crippen LogP contribution in [-0.2, 0) is 28.6 Å². The fraction of sp³-hybridized carbons (Fsp3) is 0.942. The highest BCUT2D eigenvalue weighted by molar-refractivity contribution is 5.71. The van der Waals surface area contributed by atoms with Crippen LogP contribution in [0.25, 0.3) is 0 Å². The first-order chi connectivity index (χ1) is 28.4. The third-order valence-electron chi connectivity index (χ3n) is 11.8. The first-order valence-electron chi connectivity index (χ1n) is 25.9. The van der Waals surface area contributed by atoms with Crippen molar-refractivity contribution >= 4 is 17.9 Å². The lowest BCUT2D eigenvalue weighted by atomic mass is 10.0. The third kappa shape index (κ3) is 45.5. The predicted molar refractivity (Wildman–Crippen MR) is 247 cm³/mol. The molecule has 1 atom stereocenters. The van der Waals surface area contributed by atoms with Gasteiger partial charge in [0.1, 0.15) is 13.2 Å². The molecule has 0 aromatic heterocycles. The van der Waals surface area contributed by atoms with Crippen LogP contribution in [0.5, 0.6) is 0 Å². The second-order valence-corrected chi connectivity index (χ2v) is 18.3. The Balaban J connectivity index is 4.21. The molecule has 0 aliphatic carbocycles. The van der Waals surface area contributed by atoms with E-state index in [0.29, 0.717) is 19.3 Å². The number of rotatable bonds is 47. The Morgan fingerprint density at radius 3 is 0.845 bits per heavy atom. The molecule has 0 aromatic carbocycles. The zero-order valence-corrected chi connectivity index (χ0v) is 39.5. The minimum absolute atomic E-state index is 0.0628. The van der Waals surface area contributed by atoms with Crippen LogP contribution in [0, 0.1) is 5.92 Å². The van der Waals surface area contributed by atoms with Crippen molar-refractivity contribution in [1.82, 2.24) is 0 Å². The molecule has 0 rings (SSSR count). The van der Waals surface area contributed by atoms with E-state index in [2.05, 4.69) is 27.7 Å². The summed E-state index contributed by atoms with van der Waals surface area (Å²) >= 11 is 0. The number of hydrogen-bond acceptors (Lipinski definition) is 6. The van der Waals surface area contributed by atoms with Gasteiger partial charge < -0.3 is 14.2 Å². The van der Waals surface area contributed by atoms with Gasteiger partial charge in [0.2, 0.25) is 0 Å². The lowest BCUT2D eigenvalue weighted by Gasteiger charge is -2.18. The zero-order chi connectivity index (χ0) is 42.4. The highest BCUT2D eigenvalue weighted by Gasteiger charge is 2.19. The molecular formula is C52H100O6. The largest absolute Gasteiger partial charge is 0.462 e. The first kappa shape index (κ1) is 56.4. The Bertz CT molecular complexity index is 872. The van der Waals surface area contributed by atoms with Crippen molar-refractivity contribution in [1.29, 1.82) is 0 Å². The number of carbonyl (C=O) groups excluding carboxylic acids is 3. The van der Waals surface area contributed by atoms with Gasteiger partial charge in [0, 0.05) is 19.3 Å². The lowest BCUT2D eigenvalue weighted by Crippen LogP contribution is -2.30. The van der Waals surface area contributed by atoms with Gasteiger partial charge in [-0.05, 0) is 25.2 Å². The molecule has 0 saturated carbocycles. The normalized spacial score (nSPS) is 11.9. The summed E-state index contributed by atoms with van der Waals surface area (Å²) < 4.78 is 16.8. The maximum atomic E-state index is 12.7. The molecule has 344 valence electrons. The van der Waals surface area contributed by atoms with Crippen LogP contribution >= 0.6 is 0 Å². The minimum Gasteiger partial charge on any atom is -0.462 e. The van der Waals surface area contributed by atoms with E-state index in [0.717, 1.165) is 63.7 Å². The van der Waals surface area contributed by atoms with E-state index in [1.807, 2.05) is 0 Å². The molecular weight excluding hydrogens is 721 g/mol. The lowest BCUT2D eigenvalue weighted by molar-refractivity contribution is -0.167. The molecule has 0 aliphatic rings. The van der Waals surface area contributed by atoms with Crippen molar-refractivity contribution in [2.24, 2.45) is 5.92 Å². The monoisotopic (exact) mass is 821 g/mol. The van der Waals surface area contributed by atoms with Crippen LogP contribution in [0.1, 0.15) is 291 Å². The molecule has 6 nitrogen and oxygen atoms in total. The highest BCUT2D eigenvalue weighted by Crippen LogP contribution is 2.17. The number of ether oxygens (including phenoxy) is 3. The van der Waals surface area contributed by atoms with E-state index in [1.165, 1.54) is 186 Å². The van der Waals surface area contributed by atoms with Gasteiger partial charge in [0.05, 0.1) is 0 Å². The van der Waals surface area contributed by atoms with Gasteiger partial charge in [-0.25, -0.2) is 0 Å². The van der Waals surface area contributed by atoms with Crippen LogP contribution in [0.3, 0.4) is 0 Å². The van der Waals surface area contributed by atoms with E-state index >= 15 is 0 Å². The minimum atomic E-state index is -0.759. The molecule has 6 heteroatoms. The van der Waals surface area contributed by atoms with Gasteiger partial charge in [-0.3, -0.25) is 14.4 Å². The maximum Gasteiger partial charge on any atom is 0.306 e. The van der Waals surface area contributed by atoms with E-state index in [-0.39, 0.29) is 31.1 Å². The zero-order valence-electron chi connectivity index (χ0n) is 39.5. The molecule has 58 heavy (non-hydrogen) atoms. The predicted octanol–water partition coefficient (Wildman–Crippen LogP) is 16.7. The Hall–Kier alpha value is -1.59. The van der Waals surface area contributed by atoms with Crippen LogP contribution in [0.2, 0.25) is 0 Å². The molecule has 0 amide bonds. The van der Waals surface area contributed by atoms with Crippen LogP contribution in [-0.4, -0.2) is 37.2 Å². The summed E-state index contributed by atoms with van der Waals surface area (Å²) in [7, 11) is 0. The summed E-state index contributed by atoms with van der Waals surface area (Å²) in [6.45, 7) is 9.02. The fourth-order valence-electron chi connectivity index (χ4n) is 7.86. The van der Waals surface area contributed by atoms with Crippen LogP contribution < -0.4 is 0 Å². The Morgan fingerprint density at radius 1 is 0.328 bits per heavy atom. The van der Waals surface area contributed by atoms with Crippen molar-refractivity contribution in [3.05, 3.63) is 0 Å². The highest BCUT2D eigenvalue weighted by atomic mass is 16.6. The molecule has 0 radical (unpaired) electrons. The molecule has 0 spiro atoms. The molecule has 0 fully saturated rings. The van der Waals surface area contributed by atoms with Gasteiger partial charge in [-0.2, -0.15) is 0 Å². The quantitative estimate of drug-likeness (QED) is 0.0346. The molecule has 0 aromatic rings. The maximum absolute atomic E-state index is 12.7. The van der Waals surface area contributed by atoms with E-state index < -0.39 is 6.10 Å². The Morgan fingerprint density at radius 2 is 0.569 bits per heavy atom. The Labute approximate surface area is 361 Å². The molecule has 0 heterocycles. The van der Waals surface area contributed by atoms with Crippen LogP contribution in [0.4, 0.5) is 0 Å². The van der Waals surface area contributed by atoms with Gasteiger partial charge in [0.25, 0.3) is 0 Å². The molecule has 0 unspecified atom stereocenters. The Kier molecular flexibility index (Phi) is 45.2. The van der Waals surface area contributed by atoms with Crippen molar-refractivity contribution in [2.75, 3.05) is 13.2 Å². The summed E-state index contributed by atoms with van der Waals surface area (Å²) in [6.07, 6.45) is 48.0. The van der Waals surface area contributed by atoms with Gasteiger partial charge in [0.15, 0.2) is 6.10 Å².